The van der Waals surface area contributed by atoms with Gasteiger partial charge in [0.1, 0.15) is 5.82 Å². The van der Waals surface area contributed by atoms with Gasteiger partial charge in [-0.2, -0.15) is 0 Å². The standard InChI is InChI=1S/C9H12FO3P/c1-7-4-8(10)6-9(5-7)14(11,12-2)13-3/h4-6H,1-3H3. The van der Waals surface area contributed by atoms with Crippen molar-refractivity contribution in [1.82, 2.24) is 0 Å². The number of hydrogen-bond donors (Lipinski definition) is 0. The van der Waals surface area contributed by atoms with Crippen molar-refractivity contribution in [1.29, 1.82) is 0 Å². The van der Waals surface area contributed by atoms with Crippen molar-refractivity contribution in [2.24, 2.45) is 0 Å². The Labute approximate surface area is 82.4 Å². The summed E-state index contributed by atoms with van der Waals surface area (Å²) in [6, 6.07) is 4.08. The van der Waals surface area contributed by atoms with Gasteiger partial charge in [-0.3, -0.25) is 4.57 Å². The Morgan fingerprint density at radius 3 is 2.21 bits per heavy atom. The summed E-state index contributed by atoms with van der Waals surface area (Å²) in [5.74, 6) is -0.450. The molecule has 0 aliphatic carbocycles. The number of halogens is 1. The van der Waals surface area contributed by atoms with Gasteiger partial charge in [-0.15, -0.1) is 0 Å². The van der Waals surface area contributed by atoms with Gasteiger partial charge in [-0.05, 0) is 30.7 Å². The fourth-order valence-electron chi connectivity index (χ4n) is 1.16. The minimum absolute atomic E-state index is 0.236. The summed E-state index contributed by atoms with van der Waals surface area (Å²) in [7, 11) is -0.791. The topological polar surface area (TPSA) is 35.5 Å². The van der Waals surface area contributed by atoms with Crippen LogP contribution in [-0.2, 0) is 13.6 Å². The molecule has 0 aliphatic rings. The van der Waals surface area contributed by atoms with Gasteiger partial charge in [0.25, 0.3) is 0 Å². The molecule has 0 saturated heterocycles. The highest BCUT2D eigenvalue weighted by molar-refractivity contribution is 7.62. The summed E-state index contributed by atoms with van der Waals surface area (Å²) in [5, 5.41) is 0.236. The van der Waals surface area contributed by atoms with Gasteiger partial charge in [0, 0.05) is 14.2 Å². The third kappa shape index (κ3) is 2.21. The Morgan fingerprint density at radius 1 is 1.21 bits per heavy atom. The SMILES string of the molecule is COP(=O)(OC)c1cc(C)cc(F)c1. The molecule has 1 aromatic carbocycles. The first-order valence-electron chi connectivity index (χ1n) is 4.01. The molecule has 78 valence electrons. The Balaban J connectivity index is 3.24. The van der Waals surface area contributed by atoms with E-state index in [9.17, 15) is 8.96 Å². The predicted octanol–water partition coefficient (Wildman–Crippen LogP) is 2.25. The van der Waals surface area contributed by atoms with Crippen molar-refractivity contribution in [3.63, 3.8) is 0 Å². The van der Waals surface area contributed by atoms with E-state index in [4.69, 9.17) is 9.05 Å². The van der Waals surface area contributed by atoms with Crippen molar-refractivity contribution >= 4 is 12.9 Å². The first-order chi connectivity index (χ1) is 6.51. The summed E-state index contributed by atoms with van der Waals surface area (Å²) in [6.45, 7) is 1.71. The second-order valence-corrected chi connectivity index (χ2v) is 5.09. The maximum absolute atomic E-state index is 13.0. The molecule has 0 bridgehead atoms. The van der Waals surface area contributed by atoms with Gasteiger partial charge in [-0.1, -0.05) is 0 Å². The van der Waals surface area contributed by atoms with Crippen LogP contribution in [0.3, 0.4) is 0 Å². The molecule has 1 rings (SSSR count). The van der Waals surface area contributed by atoms with E-state index in [1.807, 2.05) is 0 Å². The average molecular weight is 218 g/mol. The van der Waals surface area contributed by atoms with Crippen molar-refractivity contribution in [3.05, 3.63) is 29.6 Å². The fraction of sp³-hybridized carbons (Fsp3) is 0.333. The van der Waals surface area contributed by atoms with Crippen LogP contribution >= 0.6 is 7.60 Å². The zero-order valence-electron chi connectivity index (χ0n) is 8.28. The molecule has 0 radical (unpaired) electrons. The van der Waals surface area contributed by atoms with Crippen LogP contribution in [0, 0.1) is 12.7 Å². The fourth-order valence-corrected chi connectivity index (χ4v) is 2.37. The van der Waals surface area contributed by atoms with Crippen molar-refractivity contribution in [3.8, 4) is 0 Å². The zero-order valence-corrected chi connectivity index (χ0v) is 9.18. The predicted molar refractivity (Wildman–Crippen MR) is 52.4 cm³/mol. The molecule has 0 aromatic heterocycles. The van der Waals surface area contributed by atoms with Crippen LogP contribution in [0.25, 0.3) is 0 Å². The molecule has 0 unspecified atom stereocenters. The lowest BCUT2D eigenvalue weighted by Gasteiger charge is -2.14. The van der Waals surface area contributed by atoms with E-state index in [0.29, 0.717) is 5.56 Å². The highest BCUT2D eigenvalue weighted by Gasteiger charge is 2.24. The molecule has 0 amide bonds. The molecule has 0 N–H and O–H groups in total. The van der Waals surface area contributed by atoms with Gasteiger partial charge >= 0.3 is 7.60 Å². The van der Waals surface area contributed by atoms with Crippen molar-refractivity contribution in [2.45, 2.75) is 6.92 Å². The van der Waals surface area contributed by atoms with E-state index in [2.05, 4.69) is 0 Å². The van der Waals surface area contributed by atoms with Gasteiger partial charge in [-0.25, -0.2) is 4.39 Å². The van der Waals surface area contributed by atoms with E-state index in [1.54, 1.807) is 13.0 Å². The van der Waals surface area contributed by atoms with Crippen LogP contribution in [0.2, 0.25) is 0 Å². The van der Waals surface area contributed by atoms with Crippen LogP contribution in [0.5, 0.6) is 0 Å². The number of hydrogen-bond acceptors (Lipinski definition) is 3. The summed E-state index contributed by atoms with van der Waals surface area (Å²) in [6.07, 6.45) is 0. The molecular weight excluding hydrogens is 206 g/mol. The number of aryl methyl sites for hydroxylation is 1. The minimum atomic E-state index is -3.33. The monoisotopic (exact) mass is 218 g/mol. The van der Waals surface area contributed by atoms with E-state index in [1.165, 1.54) is 20.3 Å². The normalized spacial score (nSPS) is 11.7. The molecule has 0 spiro atoms. The summed E-state index contributed by atoms with van der Waals surface area (Å²) in [4.78, 5) is 0. The highest BCUT2D eigenvalue weighted by atomic mass is 31.2. The van der Waals surface area contributed by atoms with E-state index in [0.717, 1.165) is 6.07 Å². The minimum Gasteiger partial charge on any atom is -0.309 e. The second kappa shape index (κ2) is 4.22. The van der Waals surface area contributed by atoms with Crippen LogP contribution in [0.4, 0.5) is 4.39 Å². The zero-order chi connectivity index (χ0) is 10.8. The van der Waals surface area contributed by atoms with Crippen molar-refractivity contribution < 1.29 is 18.0 Å². The molecule has 1 aromatic rings. The van der Waals surface area contributed by atoms with Crippen LogP contribution in [0.1, 0.15) is 5.56 Å². The Kier molecular flexibility index (Phi) is 3.43. The largest absolute Gasteiger partial charge is 0.360 e. The lowest BCUT2D eigenvalue weighted by Crippen LogP contribution is -2.09. The summed E-state index contributed by atoms with van der Waals surface area (Å²) in [5.41, 5.74) is 0.675. The highest BCUT2D eigenvalue weighted by Crippen LogP contribution is 2.45. The second-order valence-electron chi connectivity index (χ2n) is 2.85. The van der Waals surface area contributed by atoms with Gasteiger partial charge in [0.2, 0.25) is 0 Å². The molecule has 0 heterocycles. The molecule has 5 heteroatoms. The maximum atomic E-state index is 13.0. The maximum Gasteiger partial charge on any atom is 0.360 e. The third-order valence-corrected chi connectivity index (χ3v) is 3.68. The number of benzene rings is 1. The van der Waals surface area contributed by atoms with E-state index in [-0.39, 0.29) is 5.30 Å². The van der Waals surface area contributed by atoms with E-state index < -0.39 is 13.4 Å². The lowest BCUT2D eigenvalue weighted by atomic mass is 10.2. The first kappa shape index (κ1) is 11.4. The average Bonchev–Trinajstić information content (AvgIpc) is 2.15. The van der Waals surface area contributed by atoms with Crippen molar-refractivity contribution in [2.75, 3.05) is 14.2 Å². The smallest absolute Gasteiger partial charge is 0.309 e. The quantitative estimate of drug-likeness (QED) is 0.730. The Bertz CT molecular complexity index is 350. The lowest BCUT2D eigenvalue weighted by molar-refractivity contribution is 0.287. The Hall–Kier alpha value is -0.700. The van der Waals surface area contributed by atoms with Crippen LogP contribution < -0.4 is 5.30 Å². The molecule has 3 nitrogen and oxygen atoms in total. The molecule has 0 saturated carbocycles. The Morgan fingerprint density at radius 2 is 1.79 bits per heavy atom. The molecule has 0 fully saturated rings. The summed E-state index contributed by atoms with van der Waals surface area (Å²) < 4.78 is 34.3. The summed E-state index contributed by atoms with van der Waals surface area (Å²) >= 11 is 0. The molecule has 0 aliphatic heterocycles. The van der Waals surface area contributed by atoms with Crippen LogP contribution in [-0.4, -0.2) is 14.2 Å². The van der Waals surface area contributed by atoms with Gasteiger partial charge < -0.3 is 9.05 Å². The first-order valence-corrected chi connectivity index (χ1v) is 5.55. The van der Waals surface area contributed by atoms with Gasteiger partial charge in [0.15, 0.2) is 0 Å². The van der Waals surface area contributed by atoms with Gasteiger partial charge in [0.05, 0.1) is 5.30 Å². The van der Waals surface area contributed by atoms with Crippen LogP contribution in [0.15, 0.2) is 18.2 Å². The molecular formula is C9H12FO3P. The molecule has 0 atom stereocenters. The number of rotatable bonds is 3. The van der Waals surface area contributed by atoms with E-state index >= 15 is 0 Å². The third-order valence-electron chi connectivity index (χ3n) is 1.82. The molecule has 14 heavy (non-hydrogen) atoms.